The van der Waals surface area contributed by atoms with Crippen LogP contribution in [0.4, 0.5) is 0 Å². The summed E-state index contributed by atoms with van der Waals surface area (Å²) in [5, 5.41) is 44.8. The molecule has 0 spiro atoms. The van der Waals surface area contributed by atoms with Gasteiger partial charge in [-0.05, 0) is 75.1 Å². The molecule has 56 heavy (non-hydrogen) atoms. The number of amides is 2. The first-order valence-electron chi connectivity index (χ1n) is 18.4. The van der Waals surface area contributed by atoms with Crippen molar-refractivity contribution in [1.82, 2.24) is 30.2 Å². The maximum Gasteiger partial charge on any atom is 0.320 e. The molecule has 1 heterocycles. The number of rotatable bonds is 19. The second kappa shape index (κ2) is 22.7. The predicted octanol–water partition coefficient (Wildman–Crippen LogP) is 1.29. The van der Waals surface area contributed by atoms with E-state index in [1.54, 1.807) is 69.8 Å². The van der Waals surface area contributed by atoms with Crippen LogP contribution in [0.25, 0.3) is 0 Å². The molecule has 3 rings (SSSR count). The lowest BCUT2D eigenvalue weighted by atomic mass is 10.1. The standard InChI is InChI=1S/C38H53ClN6O11/c1-38(2,56-30-11-5-27(6-12-30)13-15-40-35(52)28-7-9-29(39)10-8-28)37(55)41-14-3-4-31(36(53)54)45-22-20-43(25-33(48)49)18-16-42(24-32(46)47)17-19-44(21-23-45)26-34(50)51/h5-12,31H,3-4,13-26H2,1-2H3,(H,40,52)(H,41,55)(H,46,47)(H,48,49)(H,50,51)(H,53,54). The molecule has 308 valence electrons. The molecule has 0 bridgehead atoms. The van der Waals surface area contributed by atoms with Crippen molar-refractivity contribution in [2.45, 2.75) is 44.8 Å². The molecule has 1 fully saturated rings. The second-order valence-electron chi connectivity index (χ2n) is 14.1. The van der Waals surface area contributed by atoms with Crippen LogP contribution in [0, 0.1) is 0 Å². The van der Waals surface area contributed by atoms with Crippen LogP contribution in [0.15, 0.2) is 48.5 Å². The van der Waals surface area contributed by atoms with Gasteiger partial charge in [0.2, 0.25) is 0 Å². The van der Waals surface area contributed by atoms with E-state index >= 15 is 0 Å². The first-order valence-corrected chi connectivity index (χ1v) is 18.8. The van der Waals surface area contributed by atoms with Crippen molar-refractivity contribution in [3.05, 3.63) is 64.7 Å². The van der Waals surface area contributed by atoms with Crippen molar-refractivity contribution in [3.63, 3.8) is 0 Å². The summed E-state index contributed by atoms with van der Waals surface area (Å²) in [5.41, 5.74) is 0.197. The number of carboxylic acid groups (broad SMARTS) is 4. The van der Waals surface area contributed by atoms with E-state index < -0.39 is 41.4 Å². The summed E-state index contributed by atoms with van der Waals surface area (Å²) in [6.45, 7) is 4.42. The third-order valence-electron chi connectivity index (χ3n) is 9.26. The van der Waals surface area contributed by atoms with E-state index in [-0.39, 0.29) is 90.9 Å². The van der Waals surface area contributed by atoms with Crippen LogP contribution in [0.2, 0.25) is 5.02 Å². The highest BCUT2D eigenvalue weighted by Crippen LogP contribution is 2.20. The Labute approximate surface area is 331 Å². The number of benzene rings is 2. The molecule has 1 unspecified atom stereocenters. The first kappa shape index (κ1) is 45.6. The summed E-state index contributed by atoms with van der Waals surface area (Å²) in [4.78, 5) is 79.3. The van der Waals surface area contributed by atoms with E-state index in [0.29, 0.717) is 35.7 Å². The Kier molecular flexibility index (Phi) is 18.5. The molecule has 6 N–H and O–H groups in total. The van der Waals surface area contributed by atoms with Gasteiger partial charge in [-0.15, -0.1) is 0 Å². The molecule has 1 aliphatic heterocycles. The number of hydrogen-bond donors (Lipinski definition) is 6. The molecule has 2 aromatic rings. The Morgan fingerprint density at radius 1 is 0.696 bits per heavy atom. The van der Waals surface area contributed by atoms with Gasteiger partial charge in [-0.1, -0.05) is 23.7 Å². The van der Waals surface area contributed by atoms with Crippen molar-refractivity contribution < 1.29 is 53.9 Å². The van der Waals surface area contributed by atoms with Gasteiger partial charge < -0.3 is 35.8 Å². The van der Waals surface area contributed by atoms with Gasteiger partial charge in [0.05, 0.1) is 19.6 Å². The largest absolute Gasteiger partial charge is 0.480 e. The molecule has 1 saturated heterocycles. The smallest absolute Gasteiger partial charge is 0.320 e. The lowest BCUT2D eigenvalue weighted by Gasteiger charge is -2.35. The zero-order valence-corrected chi connectivity index (χ0v) is 32.6. The summed E-state index contributed by atoms with van der Waals surface area (Å²) in [7, 11) is 0. The van der Waals surface area contributed by atoms with Crippen LogP contribution >= 0.6 is 11.6 Å². The van der Waals surface area contributed by atoms with Gasteiger partial charge in [0, 0.05) is 76.0 Å². The van der Waals surface area contributed by atoms with Crippen molar-refractivity contribution in [2.75, 3.05) is 85.1 Å². The van der Waals surface area contributed by atoms with E-state index in [1.165, 1.54) is 0 Å². The fourth-order valence-electron chi connectivity index (χ4n) is 6.17. The summed E-state index contributed by atoms with van der Waals surface area (Å²) in [6.07, 6.45) is 1.01. The minimum Gasteiger partial charge on any atom is -0.480 e. The van der Waals surface area contributed by atoms with E-state index in [1.807, 2.05) is 12.1 Å². The normalized spacial score (nSPS) is 16.1. The summed E-state index contributed by atoms with van der Waals surface area (Å²) < 4.78 is 5.99. The number of carbonyl (C=O) groups excluding carboxylic acids is 2. The molecule has 0 saturated carbocycles. The number of carboxylic acids is 4. The van der Waals surface area contributed by atoms with Crippen molar-refractivity contribution in [3.8, 4) is 5.75 Å². The summed E-state index contributed by atoms with van der Waals surface area (Å²) >= 11 is 5.88. The second-order valence-corrected chi connectivity index (χ2v) is 14.5. The van der Waals surface area contributed by atoms with Crippen LogP contribution in [0.1, 0.15) is 42.6 Å². The van der Waals surface area contributed by atoms with E-state index in [0.717, 1.165) is 5.56 Å². The van der Waals surface area contributed by atoms with Gasteiger partial charge in [0.25, 0.3) is 11.8 Å². The third-order valence-corrected chi connectivity index (χ3v) is 9.51. The molecule has 0 aromatic heterocycles. The number of nitrogens with zero attached hydrogens (tertiary/aromatic N) is 4. The van der Waals surface area contributed by atoms with Crippen LogP contribution in [-0.2, 0) is 30.4 Å². The predicted molar refractivity (Wildman–Crippen MR) is 206 cm³/mol. The quantitative estimate of drug-likeness (QED) is 0.110. The molecule has 0 radical (unpaired) electrons. The number of ether oxygens (including phenoxy) is 1. The van der Waals surface area contributed by atoms with Gasteiger partial charge in [-0.3, -0.25) is 48.4 Å². The van der Waals surface area contributed by atoms with Crippen molar-refractivity contribution in [2.24, 2.45) is 0 Å². The zero-order valence-electron chi connectivity index (χ0n) is 31.8. The Bertz CT molecular complexity index is 1590. The third kappa shape index (κ3) is 16.5. The topological polar surface area (TPSA) is 230 Å². The number of nitrogens with one attached hydrogen (secondary N) is 2. The highest BCUT2D eigenvalue weighted by molar-refractivity contribution is 6.30. The molecule has 18 heteroatoms. The minimum absolute atomic E-state index is 0.142. The van der Waals surface area contributed by atoms with E-state index in [2.05, 4.69) is 10.6 Å². The SMILES string of the molecule is CC(C)(Oc1ccc(CCNC(=O)c2ccc(Cl)cc2)cc1)C(=O)NCCCC(C(=O)O)N1CCN(CC(=O)O)CCN(CC(=O)O)CCN(CC(=O)O)CC1. The van der Waals surface area contributed by atoms with Gasteiger partial charge in [-0.25, -0.2) is 0 Å². The lowest BCUT2D eigenvalue weighted by molar-refractivity contribution is -0.145. The Morgan fingerprint density at radius 2 is 1.18 bits per heavy atom. The Hall–Kier alpha value is -4.81. The van der Waals surface area contributed by atoms with Crippen molar-refractivity contribution in [1.29, 1.82) is 0 Å². The van der Waals surface area contributed by atoms with Crippen LogP contribution in [0.3, 0.4) is 0 Å². The summed E-state index contributed by atoms with van der Waals surface area (Å²) in [5.74, 6) is -4.48. The number of carbonyl (C=O) groups is 6. The molecular weight excluding hydrogens is 752 g/mol. The van der Waals surface area contributed by atoms with Gasteiger partial charge in [-0.2, -0.15) is 0 Å². The Morgan fingerprint density at radius 3 is 1.64 bits per heavy atom. The summed E-state index contributed by atoms with van der Waals surface area (Å²) in [6, 6.07) is 12.8. The minimum atomic E-state index is -1.27. The lowest BCUT2D eigenvalue weighted by Crippen LogP contribution is -2.52. The molecule has 1 atom stereocenters. The van der Waals surface area contributed by atoms with E-state index in [9.17, 15) is 49.2 Å². The number of hydrogen-bond acceptors (Lipinski definition) is 11. The van der Waals surface area contributed by atoms with Gasteiger partial charge >= 0.3 is 23.9 Å². The van der Waals surface area contributed by atoms with Crippen LogP contribution < -0.4 is 15.4 Å². The Balaban J connectivity index is 1.55. The fraction of sp³-hybridized carbons (Fsp3) is 0.526. The highest BCUT2D eigenvalue weighted by atomic mass is 35.5. The van der Waals surface area contributed by atoms with Crippen molar-refractivity contribution >= 4 is 47.3 Å². The van der Waals surface area contributed by atoms with Crippen LogP contribution in [0.5, 0.6) is 5.75 Å². The maximum absolute atomic E-state index is 13.1. The van der Waals surface area contributed by atoms with Gasteiger partial charge in [0.1, 0.15) is 11.8 Å². The molecular formula is C38H53ClN6O11. The highest BCUT2D eigenvalue weighted by Gasteiger charge is 2.31. The average molecular weight is 805 g/mol. The first-order chi connectivity index (χ1) is 26.5. The molecule has 2 aromatic carbocycles. The van der Waals surface area contributed by atoms with Gasteiger partial charge in [0.15, 0.2) is 5.60 Å². The number of halogens is 1. The average Bonchev–Trinajstić information content (AvgIpc) is 3.12. The molecule has 0 aliphatic carbocycles. The van der Waals surface area contributed by atoms with Crippen LogP contribution in [-0.4, -0.2) is 172 Å². The van der Waals surface area contributed by atoms with E-state index in [4.69, 9.17) is 16.3 Å². The molecule has 1 aliphatic rings. The maximum atomic E-state index is 13.1. The number of aliphatic carboxylic acids is 4. The fourth-order valence-corrected chi connectivity index (χ4v) is 6.30. The zero-order chi connectivity index (χ0) is 41.3. The molecule has 17 nitrogen and oxygen atoms in total. The molecule has 2 amide bonds. The monoisotopic (exact) mass is 804 g/mol.